The van der Waals surface area contributed by atoms with Gasteiger partial charge in [-0.1, -0.05) is 6.42 Å². The van der Waals surface area contributed by atoms with Gasteiger partial charge in [0.2, 0.25) is 5.91 Å². The fraction of sp³-hybridized carbons (Fsp3) is 0.478. The van der Waals surface area contributed by atoms with E-state index in [1.807, 2.05) is 29.2 Å². The van der Waals surface area contributed by atoms with Crippen LogP contribution in [0.3, 0.4) is 0 Å². The number of fused-ring (bicyclic) bond motifs is 1. The smallest absolute Gasteiger partial charge is 0.249 e. The van der Waals surface area contributed by atoms with Crippen molar-refractivity contribution in [3.05, 3.63) is 45.8 Å². The third kappa shape index (κ3) is 4.09. The van der Waals surface area contributed by atoms with Crippen molar-refractivity contribution < 1.29 is 9.53 Å². The first-order valence-corrected chi connectivity index (χ1v) is 11.2. The number of piperidine rings is 1. The highest BCUT2D eigenvalue weighted by atomic mass is 32.1. The number of thiophene rings is 1. The molecule has 1 aromatic heterocycles. The molecule has 1 amide bonds. The predicted octanol–water partition coefficient (Wildman–Crippen LogP) is 4.04. The first kappa shape index (κ1) is 20.1. The summed E-state index contributed by atoms with van der Waals surface area (Å²) in [5.41, 5.74) is 4.27. The zero-order valence-corrected chi connectivity index (χ0v) is 18.3. The van der Waals surface area contributed by atoms with Crippen LogP contribution in [-0.4, -0.2) is 56.4 Å². The van der Waals surface area contributed by atoms with E-state index in [1.165, 1.54) is 29.7 Å². The lowest BCUT2D eigenvalue weighted by Crippen LogP contribution is -2.41. The number of aliphatic imine (C=N–C) groups is 1. The van der Waals surface area contributed by atoms with Crippen LogP contribution in [0.15, 0.2) is 29.3 Å². The van der Waals surface area contributed by atoms with Crippen molar-refractivity contribution in [2.24, 2.45) is 4.99 Å². The van der Waals surface area contributed by atoms with Gasteiger partial charge in [0.15, 0.2) is 0 Å². The molecule has 2 aliphatic heterocycles. The summed E-state index contributed by atoms with van der Waals surface area (Å²) >= 11 is 1.72. The summed E-state index contributed by atoms with van der Waals surface area (Å²) in [6, 6.07) is 7.96. The molecule has 3 heterocycles. The number of anilines is 1. The van der Waals surface area contributed by atoms with E-state index in [9.17, 15) is 4.79 Å². The summed E-state index contributed by atoms with van der Waals surface area (Å²) in [7, 11) is 1.67. The molecule has 0 N–H and O–H groups in total. The number of carbonyl (C=O) groups is 1. The average molecular weight is 412 g/mol. The third-order valence-corrected chi connectivity index (χ3v) is 7.20. The van der Waals surface area contributed by atoms with E-state index in [0.29, 0.717) is 0 Å². The second kappa shape index (κ2) is 8.67. The number of hydrogen-bond donors (Lipinski definition) is 0. The first-order chi connectivity index (χ1) is 14.1. The van der Waals surface area contributed by atoms with Crippen LogP contribution >= 0.6 is 11.3 Å². The van der Waals surface area contributed by atoms with Crippen LogP contribution < -0.4 is 9.64 Å². The molecule has 0 unspecified atom stereocenters. The quantitative estimate of drug-likeness (QED) is 0.746. The molecule has 0 bridgehead atoms. The SMILES string of the molecule is COc1ccc(C2=NCC(=O)N(CCN3CCCCC3)c3sc(C)c(C)c32)cc1. The van der Waals surface area contributed by atoms with Gasteiger partial charge >= 0.3 is 0 Å². The van der Waals surface area contributed by atoms with Gasteiger partial charge in [-0.25, -0.2) is 0 Å². The molecule has 5 nitrogen and oxygen atoms in total. The molecule has 4 rings (SSSR count). The first-order valence-electron chi connectivity index (χ1n) is 10.4. The number of carbonyl (C=O) groups excluding carboxylic acids is 1. The van der Waals surface area contributed by atoms with Gasteiger partial charge in [-0.2, -0.15) is 0 Å². The molecular formula is C23H29N3O2S. The fourth-order valence-electron chi connectivity index (χ4n) is 4.14. The van der Waals surface area contributed by atoms with Gasteiger partial charge in [0.1, 0.15) is 17.3 Å². The molecule has 29 heavy (non-hydrogen) atoms. The zero-order chi connectivity index (χ0) is 20.4. The Morgan fingerprint density at radius 1 is 1.07 bits per heavy atom. The normalized spacial score (nSPS) is 17.7. The maximum Gasteiger partial charge on any atom is 0.249 e. The fourth-order valence-corrected chi connectivity index (χ4v) is 5.34. The number of ether oxygens (including phenoxy) is 1. The molecule has 1 fully saturated rings. The van der Waals surface area contributed by atoms with Gasteiger partial charge in [0.05, 0.1) is 12.8 Å². The van der Waals surface area contributed by atoms with Crippen molar-refractivity contribution in [3.63, 3.8) is 0 Å². The lowest BCUT2D eigenvalue weighted by molar-refractivity contribution is -0.117. The standard InChI is InChI=1S/C23H29N3O2S/c1-16-17(2)29-23-21(16)22(18-7-9-19(28-3)10-8-18)24-15-20(27)26(23)14-13-25-11-5-4-6-12-25/h7-10H,4-6,11-15H2,1-3H3. The molecule has 1 aromatic carbocycles. The maximum atomic E-state index is 13.0. The van der Waals surface area contributed by atoms with Crippen LogP contribution in [0.1, 0.15) is 40.8 Å². The van der Waals surface area contributed by atoms with Crippen molar-refractivity contribution in [1.29, 1.82) is 0 Å². The third-order valence-electron chi connectivity index (χ3n) is 5.97. The Labute approximate surface area is 177 Å². The number of likely N-dealkylation sites (tertiary alicyclic amines) is 1. The molecule has 0 saturated carbocycles. The van der Waals surface area contributed by atoms with Crippen molar-refractivity contribution in [2.45, 2.75) is 33.1 Å². The molecule has 2 aliphatic rings. The number of amides is 1. The van der Waals surface area contributed by atoms with Gasteiger partial charge in [-0.15, -0.1) is 11.3 Å². The average Bonchev–Trinajstić information content (AvgIpc) is 2.96. The van der Waals surface area contributed by atoms with E-state index in [4.69, 9.17) is 9.73 Å². The number of aryl methyl sites for hydroxylation is 1. The number of rotatable bonds is 5. The summed E-state index contributed by atoms with van der Waals surface area (Å²) < 4.78 is 5.30. The summed E-state index contributed by atoms with van der Waals surface area (Å²) in [6.45, 7) is 8.42. The number of benzene rings is 1. The molecule has 2 aromatic rings. The Morgan fingerprint density at radius 3 is 2.48 bits per heavy atom. The van der Waals surface area contributed by atoms with Gasteiger partial charge < -0.3 is 14.5 Å². The van der Waals surface area contributed by atoms with E-state index >= 15 is 0 Å². The van der Waals surface area contributed by atoms with Crippen LogP contribution in [0.2, 0.25) is 0 Å². The van der Waals surface area contributed by atoms with Crippen molar-refractivity contribution in [3.8, 4) is 5.75 Å². The Kier molecular flexibility index (Phi) is 6.01. The van der Waals surface area contributed by atoms with Crippen molar-refractivity contribution in [2.75, 3.05) is 44.7 Å². The lowest BCUT2D eigenvalue weighted by Gasteiger charge is -2.29. The lowest BCUT2D eigenvalue weighted by atomic mass is 9.99. The molecule has 154 valence electrons. The Balaban J connectivity index is 1.67. The van der Waals surface area contributed by atoms with Crippen LogP contribution in [0.4, 0.5) is 5.00 Å². The number of hydrogen-bond acceptors (Lipinski definition) is 5. The molecule has 0 atom stereocenters. The van der Waals surface area contributed by atoms with Crippen molar-refractivity contribution in [1.82, 2.24) is 4.90 Å². The highest BCUT2D eigenvalue weighted by Gasteiger charge is 2.29. The zero-order valence-electron chi connectivity index (χ0n) is 17.5. The minimum absolute atomic E-state index is 0.0908. The summed E-state index contributed by atoms with van der Waals surface area (Å²) in [4.78, 5) is 23.5. The minimum atomic E-state index is 0.0908. The second-order valence-corrected chi connectivity index (χ2v) is 9.01. The van der Waals surface area contributed by atoms with Gasteiger partial charge in [-0.3, -0.25) is 9.79 Å². The molecule has 0 spiro atoms. The van der Waals surface area contributed by atoms with E-state index in [2.05, 4.69) is 18.7 Å². The van der Waals surface area contributed by atoms with E-state index in [1.54, 1.807) is 18.4 Å². The van der Waals surface area contributed by atoms with Gasteiger partial charge in [0.25, 0.3) is 0 Å². The number of nitrogens with zero attached hydrogens (tertiary/aromatic N) is 3. The van der Waals surface area contributed by atoms with Crippen LogP contribution in [0.5, 0.6) is 5.75 Å². The molecule has 0 radical (unpaired) electrons. The summed E-state index contributed by atoms with van der Waals surface area (Å²) in [5.74, 6) is 0.911. The highest BCUT2D eigenvalue weighted by molar-refractivity contribution is 7.17. The van der Waals surface area contributed by atoms with E-state index in [-0.39, 0.29) is 12.5 Å². The summed E-state index contributed by atoms with van der Waals surface area (Å²) in [5, 5.41) is 1.05. The molecule has 1 saturated heterocycles. The van der Waals surface area contributed by atoms with Crippen LogP contribution in [-0.2, 0) is 4.79 Å². The predicted molar refractivity (Wildman–Crippen MR) is 120 cm³/mol. The van der Waals surface area contributed by atoms with Crippen LogP contribution in [0.25, 0.3) is 0 Å². The second-order valence-electron chi connectivity index (χ2n) is 7.80. The Morgan fingerprint density at radius 2 is 1.79 bits per heavy atom. The number of methoxy groups -OCH3 is 1. The maximum absolute atomic E-state index is 13.0. The van der Waals surface area contributed by atoms with Crippen molar-refractivity contribution >= 4 is 28.0 Å². The van der Waals surface area contributed by atoms with Crippen LogP contribution in [0, 0.1) is 13.8 Å². The van der Waals surface area contributed by atoms with Gasteiger partial charge in [-0.05, 0) is 69.6 Å². The topological polar surface area (TPSA) is 45.1 Å². The molecular weight excluding hydrogens is 382 g/mol. The molecule has 0 aliphatic carbocycles. The van der Waals surface area contributed by atoms with E-state index < -0.39 is 0 Å². The van der Waals surface area contributed by atoms with E-state index in [0.717, 1.165) is 53.8 Å². The highest BCUT2D eigenvalue weighted by Crippen LogP contribution is 2.38. The minimum Gasteiger partial charge on any atom is -0.497 e. The monoisotopic (exact) mass is 411 g/mol. The Bertz CT molecular complexity index is 911. The van der Waals surface area contributed by atoms with Gasteiger partial charge in [0, 0.05) is 29.1 Å². The largest absolute Gasteiger partial charge is 0.497 e. The Hall–Kier alpha value is -2.18. The molecule has 6 heteroatoms. The summed E-state index contributed by atoms with van der Waals surface area (Å²) in [6.07, 6.45) is 3.86.